The first-order valence-corrected chi connectivity index (χ1v) is 6.37. The quantitative estimate of drug-likeness (QED) is 0.846. The minimum atomic E-state index is -0.442. The highest BCUT2D eigenvalue weighted by Gasteiger charge is 2.38. The lowest BCUT2D eigenvalue weighted by Crippen LogP contribution is -2.26. The first-order chi connectivity index (χ1) is 8.98. The second-order valence-electron chi connectivity index (χ2n) is 5.53. The standard InChI is InChI=1S/C16H16N2O/c1-10-8-12(6-7-17-10)11-4-5-13-14(9-11)18-15(19)16(13,2)3/h4-9H,1-3H3,(H,18,19). The summed E-state index contributed by atoms with van der Waals surface area (Å²) in [7, 11) is 0. The van der Waals surface area contributed by atoms with Gasteiger partial charge in [0.05, 0.1) is 5.41 Å². The van der Waals surface area contributed by atoms with E-state index in [1.807, 2.05) is 45.0 Å². The van der Waals surface area contributed by atoms with Crippen LogP contribution in [0.4, 0.5) is 5.69 Å². The number of carbonyl (C=O) groups is 1. The second-order valence-corrected chi connectivity index (χ2v) is 5.53. The predicted octanol–water partition coefficient (Wildman–Crippen LogP) is 3.29. The van der Waals surface area contributed by atoms with Gasteiger partial charge in [0.25, 0.3) is 0 Å². The molecule has 0 radical (unpaired) electrons. The van der Waals surface area contributed by atoms with E-state index in [2.05, 4.69) is 16.4 Å². The van der Waals surface area contributed by atoms with Crippen molar-refractivity contribution in [3.05, 3.63) is 47.8 Å². The van der Waals surface area contributed by atoms with Gasteiger partial charge >= 0.3 is 0 Å². The van der Waals surface area contributed by atoms with Crippen molar-refractivity contribution in [3.8, 4) is 11.1 Å². The third-order valence-corrected chi connectivity index (χ3v) is 3.74. The van der Waals surface area contributed by atoms with Crippen LogP contribution in [0.1, 0.15) is 25.1 Å². The van der Waals surface area contributed by atoms with Gasteiger partial charge in [0.1, 0.15) is 0 Å². The molecule has 0 fully saturated rings. The van der Waals surface area contributed by atoms with Gasteiger partial charge in [0.2, 0.25) is 5.91 Å². The molecule has 0 bridgehead atoms. The van der Waals surface area contributed by atoms with E-state index in [0.717, 1.165) is 28.1 Å². The van der Waals surface area contributed by atoms with Crippen molar-refractivity contribution < 1.29 is 4.79 Å². The molecule has 96 valence electrons. The molecule has 1 aromatic carbocycles. The number of anilines is 1. The Morgan fingerprint density at radius 1 is 1.11 bits per heavy atom. The number of aromatic nitrogens is 1. The van der Waals surface area contributed by atoms with E-state index in [4.69, 9.17) is 0 Å². The van der Waals surface area contributed by atoms with E-state index >= 15 is 0 Å². The number of fused-ring (bicyclic) bond motifs is 1. The maximum Gasteiger partial charge on any atom is 0.234 e. The van der Waals surface area contributed by atoms with E-state index in [-0.39, 0.29) is 5.91 Å². The molecule has 0 saturated heterocycles. The molecular weight excluding hydrogens is 236 g/mol. The zero-order valence-corrected chi connectivity index (χ0v) is 11.3. The highest BCUT2D eigenvalue weighted by atomic mass is 16.2. The summed E-state index contributed by atoms with van der Waals surface area (Å²) in [6.07, 6.45) is 1.81. The van der Waals surface area contributed by atoms with E-state index in [1.165, 1.54) is 0 Å². The second kappa shape index (κ2) is 3.92. The highest BCUT2D eigenvalue weighted by Crippen LogP contribution is 2.39. The normalized spacial score (nSPS) is 16.1. The minimum absolute atomic E-state index is 0.0607. The van der Waals surface area contributed by atoms with Gasteiger partial charge in [-0.15, -0.1) is 0 Å². The van der Waals surface area contributed by atoms with Crippen LogP contribution in [0.3, 0.4) is 0 Å². The molecule has 0 saturated carbocycles. The van der Waals surface area contributed by atoms with Crippen molar-refractivity contribution >= 4 is 11.6 Å². The Kier molecular flexibility index (Phi) is 2.45. The van der Waals surface area contributed by atoms with Crippen molar-refractivity contribution in [2.45, 2.75) is 26.2 Å². The Morgan fingerprint density at radius 2 is 1.84 bits per heavy atom. The van der Waals surface area contributed by atoms with Crippen LogP contribution in [0.5, 0.6) is 0 Å². The summed E-state index contributed by atoms with van der Waals surface area (Å²) in [5.41, 5.74) is 4.75. The van der Waals surface area contributed by atoms with Gasteiger partial charge in [0.15, 0.2) is 0 Å². The van der Waals surface area contributed by atoms with Gasteiger partial charge in [-0.05, 0) is 55.7 Å². The molecule has 2 heterocycles. The monoisotopic (exact) mass is 252 g/mol. The largest absolute Gasteiger partial charge is 0.325 e. The van der Waals surface area contributed by atoms with Crippen molar-refractivity contribution in [2.24, 2.45) is 0 Å². The lowest BCUT2D eigenvalue weighted by Gasteiger charge is -2.15. The number of hydrogen-bond acceptors (Lipinski definition) is 2. The highest BCUT2D eigenvalue weighted by molar-refractivity contribution is 6.06. The summed E-state index contributed by atoms with van der Waals surface area (Å²) in [4.78, 5) is 16.1. The molecule has 0 aliphatic carbocycles. The van der Waals surface area contributed by atoms with Crippen molar-refractivity contribution in [2.75, 3.05) is 5.32 Å². The molecule has 1 aliphatic rings. The number of rotatable bonds is 1. The molecule has 3 rings (SSSR count). The number of pyridine rings is 1. The lowest BCUT2D eigenvalue weighted by molar-refractivity contribution is -0.119. The van der Waals surface area contributed by atoms with Gasteiger partial charge in [-0.2, -0.15) is 0 Å². The fourth-order valence-corrected chi connectivity index (χ4v) is 2.50. The first-order valence-electron chi connectivity index (χ1n) is 6.37. The van der Waals surface area contributed by atoms with Crippen LogP contribution in [0, 0.1) is 6.92 Å². The van der Waals surface area contributed by atoms with Crippen LogP contribution in [0.2, 0.25) is 0 Å². The van der Waals surface area contributed by atoms with E-state index in [9.17, 15) is 4.79 Å². The van der Waals surface area contributed by atoms with Crippen LogP contribution in [0.15, 0.2) is 36.5 Å². The molecule has 1 aliphatic heterocycles. The molecule has 3 heteroatoms. The zero-order chi connectivity index (χ0) is 13.6. The third-order valence-electron chi connectivity index (χ3n) is 3.74. The zero-order valence-electron chi connectivity index (χ0n) is 11.3. The Balaban J connectivity index is 2.10. The fraction of sp³-hybridized carbons (Fsp3) is 0.250. The molecule has 1 amide bonds. The molecule has 0 spiro atoms. The Bertz CT molecular complexity index is 674. The number of nitrogens with zero attached hydrogens (tertiary/aromatic N) is 1. The summed E-state index contributed by atoms with van der Waals surface area (Å²) in [6.45, 7) is 5.87. The number of nitrogens with one attached hydrogen (secondary N) is 1. The summed E-state index contributed by atoms with van der Waals surface area (Å²) in [5.74, 6) is 0.0607. The topological polar surface area (TPSA) is 42.0 Å². The Morgan fingerprint density at radius 3 is 2.58 bits per heavy atom. The van der Waals surface area contributed by atoms with Crippen LogP contribution in [-0.2, 0) is 10.2 Å². The third kappa shape index (κ3) is 1.82. The number of carbonyl (C=O) groups excluding carboxylic acids is 1. The van der Waals surface area contributed by atoms with Crippen LogP contribution >= 0.6 is 0 Å². The predicted molar refractivity (Wildman–Crippen MR) is 76.1 cm³/mol. The molecule has 1 aromatic heterocycles. The van der Waals surface area contributed by atoms with Crippen molar-refractivity contribution in [3.63, 3.8) is 0 Å². The van der Waals surface area contributed by atoms with Gasteiger partial charge in [0, 0.05) is 17.6 Å². The van der Waals surface area contributed by atoms with Gasteiger partial charge in [-0.1, -0.05) is 12.1 Å². The molecule has 1 N–H and O–H groups in total. The molecule has 3 nitrogen and oxygen atoms in total. The van der Waals surface area contributed by atoms with E-state index in [0.29, 0.717) is 0 Å². The van der Waals surface area contributed by atoms with E-state index in [1.54, 1.807) is 6.20 Å². The molecular formula is C16H16N2O. The Labute approximate surface area is 112 Å². The smallest absolute Gasteiger partial charge is 0.234 e. The Hall–Kier alpha value is -2.16. The molecule has 0 atom stereocenters. The average Bonchev–Trinajstić information content (AvgIpc) is 2.60. The molecule has 0 unspecified atom stereocenters. The molecule has 19 heavy (non-hydrogen) atoms. The first kappa shape index (κ1) is 11.9. The summed E-state index contributed by atoms with van der Waals surface area (Å²) in [5, 5.41) is 2.96. The van der Waals surface area contributed by atoms with Crippen LogP contribution < -0.4 is 5.32 Å². The lowest BCUT2D eigenvalue weighted by atomic mass is 9.85. The van der Waals surface area contributed by atoms with Gasteiger partial charge in [-0.25, -0.2) is 0 Å². The van der Waals surface area contributed by atoms with Crippen molar-refractivity contribution in [1.82, 2.24) is 4.98 Å². The minimum Gasteiger partial charge on any atom is -0.325 e. The fourth-order valence-electron chi connectivity index (χ4n) is 2.50. The average molecular weight is 252 g/mol. The van der Waals surface area contributed by atoms with Crippen LogP contribution in [0.25, 0.3) is 11.1 Å². The number of amides is 1. The summed E-state index contributed by atoms with van der Waals surface area (Å²) in [6, 6.07) is 10.2. The van der Waals surface area contributed by atoms with Gasteiger partial charge in [-0.3, -0.25) is 9.78 Å². The summed E-state index contributed by atoms with van der Waals surface area (Å²) >= 11 is 0. The number of benzene rings is 1. The molecule has 2 aromatic rings. The van der Waals surface area contributed by atoms with Gasteiger partial charge < -0.3 is 5.32 Å². The van der Waals surface area contributed by atoms with Crippen molar-refractivity contribution in [1.29, 1.82) is 0 Å². The number of aryl methyl sites for hydroxylation is 1. The van der Waals surface area contributed by atoms with Crippen LogP contribution in [-0.4, -0.2) is 10.9 Å². The maximum absolute atomic E-state index is 11.9. The van der Waals surface area contributed by atoms with E-state index < -0.39 is 5.41 Å². The maximum atomic E-state index is 11.9. The SMILES string of the molecule is Cc1cc(-c2ccc3c(c2)NC(=O)C3(C)C)ccn1. The summed E-state index contributed by atoms with van der Waals surface area (Å²) < 4.78 is 0. The number of hydrogen-bond donors (Lipinski definition) is 1.